The Morgan fingerprint density at radius 2 is 1.82 bits per heavy atom. The zero-order valence-corrected chi connectivity index (χ0v) is 11.0. The summed E-state index contributed by atoms with van der Waals surface area (Å²) in [5.41, 5.74) is 0.708. The maximum absolute atomic E-state index is 3.51. The predicted molar refractivity (Wildman–Crippen MR) is 72.1 cm³/mol. The van der Waals surface area contributed by atoms with Gasteiger partial charge in [-0.25, -0.2) is 0 Å². The Balaban J connectivity index is 1.56. The third kappa shape index (κ3) is 2.58. The molecule has 2 heterocycles. The Labute approximate surface area is 105 Å². The fraction of sp³-hybridized carbons (Fsp3) is 0.867. The maximum atomic E-state index is 3.51. The van der Waals surface area contributed by atoms with Crippen LogP contribution >= 0.6 is 0 Å². The van der Waals surface area contributed by atoms with E-state index in [9.17, 15) is 0 Å². The van der Waals surface area contributed by atoms with Crippen LogP contribution in [0.2, 0.25) is 0 Å². The summed E-state index contributed by atoms with van der Waals surface area (Å²) < 4.78 is 0. The van der Waals surface area contributed by atoms with Crippen molar-refractivity contribution in [3.8, 4) is 0 Å². The fourth-order valence-electron chi connectivity index (χ4n) is 3.89. The molecule has 17 heavy (non-hydrogen) atoms. The first-order valence-corrected chi connectivity index (χ1v) is 7.50. The largest absolute Gasteiger partial charge is 0.317 e. The lowest BCUT2D eigenvalue weighted by atomic mass is 9.71. The van der Waals surface area contributed by atoms with Crippen LogP contribution in [0.5, 0.6) is 0 Å². The van der Waals surface area contributed by atoms with Crippen molar-refractivity contribution < 1.29 is 0 Å². The smallest absolute Gasteiger partial charge is 0.0278 e. The van der Waals surface area contributed by atoms with Gasteiger partial charge in [0, 0.05) is 6.04 Å². The second-order valence-corrected chi connectivity index (χ2v) is 6.21. The standard InChI is InChI=1S/C15H26N2/c1-2-4-14(5-3-1)17-12-8-15(9-13-17)6-10-16-11-7-15/h2,4,14,16H,1,3,5-13H2. The lowest BCUT2D eigenvalue weighted by molar-refractivity contribution is 0.0572. The number of rotatable bonds is 1. The average molecular weight is 234 g/mol. The van der Waals surface area contributed by atoms with E-state index in [2.05, 4.69) is 22.4 Å². The van der Waals surface area contributed by atoms with E-state index in [0.29, 0.717) is 5.41 Å². The van der Waals surface area contributed by atoms with Crippen molar-refractivity contribution in [2.24, 2.45) is 5.41 Å². The topological polar surface area (TPSA) is 15.3 Å². The van der Waals surface area contributed by atoms with Crippen molar-refractivity contribution in [2.75, 3.05) is 26.2 Å². The van der Waals surface area contributed by atoms with Crippen LogP contribution < -0.4 is 5.32 Å². The molecule has 0 amide bonds. The van der Waals surface area contributed by atoms with Crippen LogP contribution in [0.15, 0.2) is 12.2 Å². The van der Waals surface area contributed by atoms with Crippen molar-refractivity contribution in [3.05, 3.63) is 12.2 Å². The van der Waals surface area contributed by atoms with Crippen LogP contribution in [-0.2, 0) is 0 Å². The van der Waals surface area contributed by atoms with E-state index in [1.807, 2.05) is 0 Å². The molecule has 0 aromatic rings. The van der Waals surface area contributed by atoms with Gasteiger partial charge in [-0.3, -0.25) is 4.90 Å². The molecule has 2 saturated heterocycles. The van der Waals surface area contributed by atoms with Crippen LogP contribution in [0.4, 0.5) is 0 Å². The van der Waals surface area contributed by atoms with Gasteiger partial charge in [-0.15, -0.1) is 0 Å². The molecule has 0 radical (unpaired) electrons. The van der Waals surface area contributed by atoms with Gasteiger partial charge in [0.05, 0.1) is 0 Å². The van der Waals surface area contributed by atoms with E-state index >= 15 is 0 Å². The predicted octanol–water partition coefficient (Wildman–Crippen LogP) is 2.56. The molecular formula is C15H26N2. The van der Waals surface area contributed by atoms with E-state index in [1.165, 1.54) is 71.1 Å². The molecule has 1 atom stereocenters. The molecule has 2 nitrogen and oxygen atoms in total. The summed E-state index contributed by atoms with van der Waals surface area (Å²) in [6, 6.07) is 0.766. The highest BCUT2D eigenvalue weighted by Crippen LogP contribution is 2.40. The summed E-state index contributed by atoms with van der Waals surface area (Å²) in [6.45, 7) is 5.19. The van der Waals surface area contributed by atoms with E-state index in [1.54, 1.807) is 0 Å². The summed E-state index contributed by atoms with van der Waals surface area (Å²) in [5, 5.41) is 3.51. The van der Waals surface area contributed by atoms with Gasteiger partial charge in [0.25, 0.3) is 0 Å². The van der Waals surface area contributed by atoms with Gasteiger partial charge in [0.15, 0.2) is 0 Å². The van der Waals surface area contributed by atoms with Crippen LogP contribution in [0.3, 0.4) is 0 Å². The number of piperidine rings is 2. The molecule has 96 valence electrons. The fourth-order valence-corrected chi connectivity index (χ4v) is 3.89. The van der Waals surface area contributed by atoms with Crippen LogP contribution in [0.25, 0.3) is 0 Å². The maximum Gasteiger partial charge on any atom is 0.0278 e. The minimum Gasteiger partial charge on any atom is -0.317 e. The Morgan fingerprint density at radius 1 is 1.06 bits per heavy atom. The minimum atomic E-state index is 0.708. The lowest BCUT2D eigenvalue weighted by Crippen LogP contribution is -2.48. The minimum absolute atomic E-state index is 0.708. The van der Waals surface area contributed by atoms with Gasteiger partial charge in [-0.1, -0.05) is 12.2 Å². The highest BCUT2D eigenvalue weighted by Gasteiger charge is 2.36. The highest BCUT2D eigenvalue weighted by molar-refractivity contribution is 5.01. The summed E-state index contributed by atoms with van der Waals surface area (Å²) in [6.07, 6.45) is 14.7. The number of likely N-dealkylation sites (tertiary alicyclic amines) is 1. The Hall–Kier alpha value is -0.340. The number of allylic oxidation sites excluding steroid dienone is 1. The third-order valence-electron chi connectivity index (χ3n) is 5.22. The zero-order chi connectivity index (χ0) is 11.6. The second kappa shape index (κ2) is 5.11. The highest BCUT2D eigenvalue weighted by atomic mass is 15.2. The third-order valence-corrected chi connectivity index (χ3v) is 5.22. The molecule has 1 N–H and O–H groups in total. The molecule has 0 aromatic carbocycles. The zero-order valence-electron chi connectivity index (χ0n) is 11.0. The van der Waals surface area contributed by atoms with Crippen molar-refractivity contribution in [1.29, 1.82) is 0 Å². The quantitative estimate of drug-likeness (QED) is 0.702. The van der Waals surface area contributed by atoms with Gasteiger partial charge < -0.3 is 5.32 Å². The van der Waals surface area contributed by atoms with Crippen molar-refractivity contribution in [2.45, 2.75) is 51.0 Å². The molecule has 1 spiro atoms. The Bertz CT molecular complexity index is 269. The van der Waals surface area contributed by atoms with Gasteiger partial charge in [-0.05, 0) is 76.5 Å². The summed E-state index contributed by atoms with van der Waals surface area (Å²) in [7, 11) is 0. The number of hydrogen-bond donors (Lipinski definition) is 1. The van der Waals surface area contributed by atoms with E-state index in [0.717, 1.165) is 6.04 Å². The van der Waals surface area contributed by atoms with Crippen molar-refractivity contribution >= 4 is 0 Å². The van der Waals surface area contributed by atoms with E-state index < -0.39 is 0 Å². The lowest BCUT2D eigenvalue weighted by Gasteiger charge is -2.46. The van der Waals surface area contributed by atoms with E-state index in [-0.39, 0.29) is 0 Å². The Kier molecular flexibility index (Phi) is 3.53. The molecule has 1 aliphatic carbocycles. The van der Waals surface area contributed by atoms with E-state index in [4.69, 9.17) is 0 Å². The molecular weight excluding hydrogens is 208 g/mol. The van der Waals surface area contributed by atoms with Gasteiger partial charge >= 0.3 is 0 Å². The SMILES string of the molecule is C1=CC(N2CCC3(CCNCC3)CC2)CCC1. The normalized spacial score (nSPS) is 34.0. The van der Waals surface area contributed by atoms with Gasteiger partial charge in [0.1, 0.15) is 0 Å². The van der Waals surface area contributed by atoms with Crippen molar-refractivity contribution in [1.82, 2.24) is 10.2 Å². The summed E-state index contributed by atoms with van der Waals surface area (Å²) in [5.74, 6) is 0. The molecule has 2 fully saturated rings. The number of hydrogen-bond acceptors (Lipinski definition) is 2. The average Bonchev–Trinajstić information content (AvgIpc) is 2.42. The van der Waals surface area contributed by atoms with Gasteiger partial charge in [0.2, 0.25) is 0 Å². The molecule has 2 heteroatoms. The van der Waals surface area contributed by atoms with Crippen LogP contribution in [0, 0.1) is 5.41 Å². The molecule has 1 unspecified atom stereocenters. The van der Waals surface area contributed by atoms with Crippen LogP contribution in [0.1, 0.15) is 44.9 Å². The first-order chi connectivity index (χ1) is 8.38. The Morgan fingerprint density at radius 3 is 2.47 bits per heavy atom. The first kappa shape index (κ1) is 11.7. The summed E-state index contributed by atoms with van der Waals surface area (Å²) >= 11 is 0. The molecule has 0 bridgehead atoms. The molecule has 0 saturated carbocycles. The van der Waals surface area contributed by atoms with Crippen LogP contribution in [-0.4, -0.2) is 37.1 Å². The number of nitrogens with one attached hydrogen (secondary N) is 1. The monoisotopic (exact) mass is 234 g/mol. The van der Waals surface area contributed by atoms with Crippen molar-refractivity contribution in [3.63, 3.8) is 0 Å². The number of nitrogens with zero attached hydrogens (tertiary/aromatic N) is 1. The molecule has 2 aliphatic heterocycles. The summed E-state index contributed by atoms with van der Waals surface area (Å²) in [4.78, 5) is 2.74. The van der Waals surface area contributed by atoms with Gasteiger partial charge in [-0.2, -0.15) is 0 Å². The first-order valence-electron chi connectivity index (χ1n) is 7.50. The molecule has 0 aromatic heterocycles. The second-order valence-electron chi connectivity index (χ2n) is 6.21. The molecule has 3 aliphatic rings. The molecule has 3 rings (SSSR count).